The summed E-state index contributed by atoms with van der Waals surface area (Å²) in [5.74, 6) is 0.931. The molecule has 0 spiro atoms. The summed E-state index contributed by atoms with van der Waals surface area (Å²) in [6.45, 7) is 8.07. The van der Waals surface area contributed by atoms with Gasteiger partial charge in [0.25, 0.3) is 0 Å². The van der Waals surface area contributed by atoms with Crippen molar-refractivity contribution in [2.75, 3.05) is 7.11 Å². The maximum absolute atomic E-state index is 13.4. The first-order chi connectivity index (χ1) is 15.4. The van der Waals surface area contributed by atoms with Gasteiger partial charge in [-0.15, -0.1) is 0 Å². The number of benzene rings is 3. The maximum atomic E-state index is 13.4. The van der Waals surface area contributed by atoms with E-state index in [1.165, 1.54) is 5.56 Å². The highest BCUT2D eigenvalue weighted by atomic mass is 16.5. The number of carbonyl (C=O) groups is 1. The Kier molecular flexibility index (Phi) is 5.95. The molecule has 4 aromatic rings. The van der Waals surface area contributed by atoms with Gasteiger partial charge in [-0.1, -0.05) is 30.7 Å². The average Bonchev–Trinajstić information content (AvgIpc) is 2.79. The molecular formula is C28H27NO3. The van der Waals surface area contributed by atoms with E-state index in [0.29, 0.717) is 11.3 Å². The van der Waals surface area contributed by atoms with E-state index in [9.17, 15) is 4.79 Å². The Labute approximate surface area is 188 Å². The molecular weight excluding hydrogens is 398 g/mol. The van der Waals surface area contributed by atoms with Crippen molar-refractivity contribution in [1.82, 2.24) is 4.98 Å². The Morgan fingerprint density at radius 1 is 0.906 bits per heavy atom. The third kappa shape index (κ3) is 4.09. The molecule has 32 heavy (non-hydrogen) atoms. The Morgan fingerprint density at radius 2 is 1.56 bits per heavy atom. The maximum Gasteiger partial charge on any atom is 0.344 e. The van der Waals surface area contributed by atoms with Crippen molar-refractivity contribution >= 4 is 16.9 Å². The minimum atomic E-state index is -0.376. The Morgan fingerprint density at radius 3 is 2.19 bits per heavy atom. The van der Waals surface area contributed by atoms with E-state index in [-0.39, 0.29) is 5.97 Å². The summed E-state index contributed by atoms with van der Waals surface area (Å²) in [7, 11) is 1.64. The largest absolute Gasteiger partial charge is 0.497 e. The number of carbonyl (C=O) groups excluding carboxylic acids is 1. The topological polar surface area (TPSA) is 48.4 Å². The van der Waals surface area contributed by atoms with Crippen LogP contribution >= 0.6 is 0 Å². The molecule has 0 N–H and O–H groups in total. The van der Waals surface area contributed by atoms with Gasteiger partial charge in [0.05, 0.1) is 23.9 Å². The van der Waals surface area contributed by atoms with Crippen LogP contribution < -0.4 is 9.47 Å². The van der Waals surface area contributed by atoms with Gasteiger partial charge in [-0.25, -0.2) is 9.78 Å². The molecule has 0 atom stereocenters. The fraction of sp³-hybridized carbons (Fsp3) is 0.214. The average molecular weight is 426 g/mol. The number of ether oxygens (including phenoxy) is 2. The number of esters is 1. The Hall–Kier alpha value is -3.66. The number of methoxy groups -OCH3 is 1. The summed E-state index contributed by atoms with van der Waals surface area (Å²) in [5, 5.41) is 0.812. The third-order valence-corrected chi connectivity index (χ3v) is 5.78. The minimum absolute atomic E-state index is 0.376. The molecule has 0 aliphatic heterocycles. The molecule has 4 nitrogen and oxygen atoms in total. The van der Waals surface area contributed by atoms with Crippen LogP contribution in [0.5, 0.6) is 11.5 Å². The van der Waals surface area contributed by atoms with Gasteiger partial charge in [0, 0.05) is 10.9 Å². The van der Waals surface area contributed by atoms with E-state index in [0.717, 1.165) is 51.0 Å². The molecule has 0 fully saturated rings. The monoisotopic (exact) mass is 425 g/mol. The molecule has 0 bridgehead atoms. The SMILES string of the molecule is CCc1ccc(OC(=O)c2c(C)c(-c3ccc(OC)cc3)nc3c(C)cc(C)cc23)cc1. The first kappa shape index (κ1) is 21.6. The van der Waals surface area contributed by atoms with Gasteiger partial charge >= 0.3 is 5.97 Å². The molecule has 0 radical (unpaired) electrons. The second-order valence-corrected chi connectivity index (χ2v) is 8.05. The molecule has 4 heteroatoms. The predicted molar refractivity (Wildman–Crippen MR) is 129 cm³/mol. The van der Waals surface area contributed by atoms with Crippen LogP contribution in [0, 0.1) is 20.8 Å². The van der Waals surface area contributed by atoms with E-state index < -0.39 is 0 Å². The summed E-state index contributed by atoms with van der Waals surface area (Å²) in [5.41, 5.74) is 7.14. The van der Waals surface area contributed by atoms with Crippen LogP contribution in [0.15, 0.2) is 60.7 Å². The number of hydrogen-bond donors (Lipinski definition) is 0. The van der Waals surface area contributed by atoms with Crippen LogP contribution in [-0.4, -0.2) is 18.1 Å². The van der Waals surface area contributed by atoms with Crippen molar-refractivity contribution in [3.8, 4) is 22.8 Å². The second kappa shape index (κ2) is 8.83. The van der Waals surface area contributed by atoms with Crippen molar-refractivity contribution in [2.45, 2.75) is 34.1 Å². The van der Waals surface area contributed by atoms with Gasteiger partial charge in [0.1, 0.15) is 11.5 Å². The van der Waals surface area contributed by atoms with Crippen LogP contribution in [0.3, 0.4) is 0 Å². The number of fused-ring (bicyclic) bond motifs is 1. The first-order valence-electron chi connectivity index (χ1n) is 10.8. The molecule has 0 saturated heterocycles. The molecule has 0 amide bonds. The summed E-state index contributed by atoms with van der Waals surface area (Å²) in [6, 6.07) is 19.5. The van der Waals surface area contributed by atoms with Gasteiger partial charge < -0.3 is 9.47 Å². The molecule has 1 aromatic heterocycles. The number of aromatic nitrogens is 1. The second-order valence-electron chi connectivity index (χ2n) is 8.05. The summed E-state index contributed by atoms with van der Waals surface area (Å²) in [6.07, 6.45) is 0.937. The van der Waals surface area contributed by atoms with Crippen LogP contribution in [0.4, 0.5) is 0 Å². The minimum Gasteiger partial charge on any atom is -0.497 e. The molecule has 0 unspecified atom stereocenters. The number of nitrogens with zero attached hydrogens (tertiary/aromatic N) is 1. The molecule has 0 aliphatic carbocycles. The number of hydrogen-bond acceptors (Lipinski definition) is 4. The zero-order chi connectivity index (χ0) is 22.8. The fourth-order valence-electron chi connectivity index (χ4n) is 4.06. The summed E-state index contributed by atoms with van der Waals surface area (Å²) in [4.78, 5) is 18.4. The van der Waals surface area contributed by atoms with Crippen molar-refractivity contribution in [2.24, 2.45) is 0 Å². The van der Waals surface area contributed by atoms with Gasteiger partial charge in [0.15, 0.2) is 0 Å². The smallest absolute Gasteiger partial charge is 0.344 e. The zero-order valence-corrected chi connectivity index (χ0v) is 19.2. The van der Waals surface area contributed by atoms with Crippen LogP contribution in [-0.2, 0) is 6.42 Å². The van der Waals surface area contributed by atoms with Gasteiger partial charge in [-0.3, -0.25) is 0 Å². The Balaban J connectivity index is 1.88. The van der Waals surface area contributed by atoms with Crippen molar-refractivity contribution in [3.05, 3.63) is 88.5 Å². The first-order valence-corrected chi connectivity index (χ1v) is 10.8. The van der Waals surface area contributed by atoms with Crippen molar-refractivity contribution in [3.63, 3.8) is 0 Å². The molecule has 3 aromatic carbocycles. The van der Waals surface area contributed by atoms with Gasteiger partial charge in [0.2, 0.25) is 0 Å². The van der Waals surface area contributed by atoms with E-state index in [1.807, 2.05) is 75.4 Å². The number of aryl methyl sites for hydroxylation is 3. The highest BCUT2D eigenvalue weighted by Crippen LogP contribution is 2.33. The summed E-state index contributed by atoms with van der Waals surface area (Å²) >= 11 is 0. The van der Waals surface area contributed by atoms with Gasteiger partial charge in [-0.05, 0) is 86.3 Å². The lowest BCUT2D eigenvalue weighted by molar-refractivity contribution is 0.0736. The lowest BCUT2D eigenvalue weighted by Gasteiger charge is -2.16. The van der Waals surface area contributed by atoms with Crippen molar-refractivity contribution in [1.29, 1.82) is 0 Å². The van der Waals surface area contributed by atoms with Crippen LogP contribution in [0.2, 0.25) is 0 Å². The number of rotatable bonds is 5. The highest BCUT2D eigenvalue weighted by molar-refractivity contribution is 6.08. The molecule has 4 rings (SSSR count). The quantitative estimate of drug-likeness (QED) is 0.266. The highest BCUT2D eigenvalue weighted by Gasteiger charge is 2.22. The van der Waals surface area contributed by atoms with E-state index in [2.05, 4.69) is 13.0 Å². The molecule has 0 saturated carbocycles. The molecule has 0 aliphatic rings. The fourth-order valence-corrected chi connectivity index (χ4v) is 4.06. The van der Waals surface area contributed by atoms with E-state index in [4.69, 9.17) is 14.5 Å². The lowest BCUT2D eigenvalue weighted by atomic mass is 9.95. The van der Waals surface area contributed by atoms with E-state index >= 15 is 0 Å². The predicted octanol–water partition coefficient (Wildman–Crippen LogP) is 6.62. The molecule has 162 valence electrons. The van der Waals surface area contributed by atoms with Crippen molar-refractivity contribution < 1.29 is 14.3 Å². The van der Waals surface area contributed by atoms with Crippen LogP contribution in [0.25, 0.3) is 22.2 Å². The zero-order valence-electron chi connectivity index (χ0n) is 19.2. The lowest BCUT2D eigenvalue weighted by Crippen LogP contribution is -2.13. The summed E-state index contributed by atoms with van der Waals surface area (Å²) < 4.78 is 11.1. The Bertz CT molecular complexity index is 1290. The van der Waals surface area contributed by atoms with Crippen LogP contribution in [0.1, 0.15) is 39.5 Å². The van der Waals surface area contributed by atoms with Gasteiger partial charge in [-0.2, -0.15) is 0 Å². The standard InChI is InChI=1S/C28H27NO3/c1-6-20-7-11-23(12-8-20)32-28(30)25-19(4)27(21-9-13-22(31-5)14-10-21)29-26-18(3)15-17(2)16-24(25)26/h7-16H,6H2,1-5H3. The molecule has 1 heterocycles. The normalized spacial score (nSPS) is 10.9. The third-order valence-electron chi connectivity index (χ3n) is 5.78. The number of pyridine rings is 1. The van der Waals surface area contributed by atoms with E-state index in [1.54, 1.807) is 7.11 Å².